The molecule has 9 heteroatoms. The van der Waals surface area contributed by atoms with Gasteiger partial charge in [0.1, 0.15) is 11.4 Å². The molecule has 0 aliphatic heterocycles. The molecule has 174 valence electrons. The van der Waals surface area contributed by atoms with E-state index in [2.05, 4.69) is 17.0 Å². The number of sulfonamides is 1. The van der Waals surface area contributed by atoms with Gasteiger partial charge >= 0.3 is 6.09 Å². The molecular formula is C22H34N2O6S. The molecule has 0 heterocycles. The van der Waals surface area contributed by atoms with Gasteiger partial charge in [0.05, 0.1) is 12.0 Å². The third kappa shape index (κ3) is 6.85. The van der Waals surface area contributed by atoms with Crippen LogP contribution in [0, 0.1) is 10.8 Å². The van der Waals surface area contributed by atoms with Crippen LogP contribution < -0.4 is 14.8 Å². The molecule has 8 nitrogen and oxygen atoms in total. The summed E-state index contributed by atoms with van der Waals surface area (Å²) in [5, 5.41) is 2.81. The van der Waals surface area contributed by atoms with Gasteiger partial charge in [-0.3, -0.25) is 4.79 Å². The first-order chi connectivity index (χ1) is 14.2. The summed E-state index contributed by atoms with van der Waals surface area (Å²) in [6, 6.07) is 5.86. The zero-order valence-corrected chi connectivity index (χ0v) is 20.0. The van der Waals surface area contributed by atoms with E-state index < -0.39 is 33.0 Å². The predicted octanol–water partition coefficient (Wildman–Crippen LogP) is 3.61. The molecule has 2 rings (SSSR count). The molecule has 0 spiro atoms. The van der Waals surface area contributed by atoms with Crippen LogP contribution in [-0.4, -0.2) is 39.7 Å². The Morgan fingerprint density at radius 2 is 1.58 bits per heavy atom. The molecule has 1 saturated carbocycles. The average Bonchev–Trinajstić information content (AvgIpc) is 2.67. The lowest BCUT2D eigenvalue weighted by atomic mass is 9.65. The van der Waals surface area contributed by atoms with Crippen molar-refractivity contribution in [3.05, 3.63) is 24.3 Å². The average molecular weight is 455 g/mol. The maximum Gasteiger partial charge on any atom is 0.407 e. The Labute approximate surface area is 185 Å². The number of hydrogen-bond donors (Lipinski definition) is 2. The Hall–Kier alpha value is -2.29. The number of carbonyl (C=O) groups excluding carboxylic acids is 2. The number of methoxy groups -OCH3 is 1. The number of carbonyl (C=O) groups is 2. The Morgan fingerprint density at radius 1 is 1.03 bits per heavy atom. The van der Waals surface area contributed by atoms with Crippen molar-refractivity contribution in [3.8, 4) is 5.75 Å². The monoisotopic (exact) mass is 454 g/mol. The highest BCUT2D eigenvalue weighted by Crippen LogP contribution is 2.45. The second-order valence-electron chi connectivity index (χ2n) is 9.84. The highest BCUT2D eigenvalue weighted by atomic mass is 32.2. The number of ether oxygens (including phenoxy) is 2. The Morgan fingerprint density at radius 3 is 2.06 bits per heavy atom. The summed E-state index contributed by atoms with van der Waals surface area (Å²) in [5.41, 5.74) is -1.56. The molecule has 0 bridgehead atoms. The van der Waals surface area contributed by atoms with Crippen molar-refractivity contribution in [2.75, 3.05) is 13.7 Å². The summed E-state index contributed by atoms with van der Waals surface area (Å²) in [6.07, 6.45) is 1.92. The molecule has 0 aromatic heterocycles. The van der Waals surface area contributed by atoms with Gasteiger partial charge in [0.25, 0.3) is 10.0 Å². The number of alkyl carbamates (subject to hydrolysis) is 1. The van der Waals surface area contributed by atoms with E-state index in [1.165, 1.54) is 31.4 Å². The van der Waals surface area contributed by atoms with E-state index in [0.29, 0.717) is 38.0 Å². The van der Waals surface area contributed by atoms with Crippen LogP contribution in [-0.2, 0) is 19.6 Å². The van der Waals surface area contributed by atoms with Crippen molar-refractivity contribution in [3.63, 3.8) is 0 Å². The number of benzene rings is 1. The van der Waals surface area contributed by atoms with Crippen LogP contribution in [0.25, 0.3) is 0 Å². The minimum atomic E-state index is -3.97. The van der Waals surface area contributed by atoms with Crippen LogP contribution >= 0.6 is 0 Å². The largest absolute Gasteiger partial charge is 0.497 e. The number of nitrogens with one attached hydrogen (secondary N) is 2. The SMILES string of the molecule is COc1ccc(S(=O)(=O)NC(=O)C2(C)CCC(C)(CNC(=O)OC(C)(C)C)CC2)cc1. The fourth-order valence-electron chi connectivity index (χ4n) is 3.47. The number of amides is 2. The van der Waals surface area contributed by atoms with E-state index in [9.17, 15) is 18.0 Å². The standard InChI is InChI=1S/C22H34N2O6S/c1-20(2,3)30-19(26)23-15-21(4)11-13-22(5,14-12-21)18(25)24-31(27,28)17-9-7-16(29-6)8-10-17/h7-10H,11-15H2,1-6H3,(H,23,26)(H,24,25). The van der Waals surface area contributed by atoms with Gasteiger partial charge < -0.3 is 14.8 Å². The van der Waals surface area contributed by atoms with Gasteiger partial charge in [0.15, 0.2) is 0 Å². The van der Waals surface area contributed by atoms with E-state index in [-0.39, 0.29) is 10.3 Å². The van der Waals surface area contributed by atoms with Crippen molar-refractivity contribution in [2.45, 2.75) is 70.8 Å². The maximum atomic E-state index is 12.9. The van der Waals surface area contributed by atoms with Crippen molar-refractivity contribution in [1.82, 2.24) is 10.0 Å². The second kappa shape index (κ2) is 9.06. The van der Waals surface area contributed by atoms with E-state index in [1.807, 2.05) is 0 Å². The predicted molar refractivity (Wildman–Crippen MR) is 117 cm³/mol. The van der Waals surface area contributed by atoms with Crippen LogP contribution in [0.1, 0.15) is 60.3 Å². The lowest BCUT2D eigenvalue weighted by Gasteiger charge is -2.42. The molecule has 1 aromatic rings. The molecule has 1 aromatic carbocycles. The summed E-state index contributed by atoms with van der Waals surface area (Å²) in [4.78, 5) is 24.8. The third-order valence-corrected chi connectivity index (χ3v) is 7.11. The number of rotatable bonds is 6. The minimum absolute atomic E-state index is 0.00691. The summed E-state index contributed by atoms with van der Waals surface area (Å²) < 4.78 is 37.8. The molecule has 2 N–H and O–H groups in total. The van der Waals surface area contributed by atoms with Crippen LogP contribution in [0.5, 0.6) is 5.75 Å². The van der Waals surface area contributed by atoms with Crippen LogP contribution in [0.2, 0.25) is 0 Å². The summed E-state index contributed by atoms with van der Waals surface area (Å²) in [7, 11) is -2.48. The lowest BCUT2D eigenvalue weighted by Crippen LogP contribution is -2.47. The van der Waals surface area contributed by atoms with Gasteiger partial charge in [-0.05, 0) is 76.1 Å². The highest BCUT2D eigenvalue weighted by Gasteiger charge is 2.43. The Bertz CT molecular complexity index is 895. The smallest absolute Gasteiger partial charge is 0.407 e. The van der Waals surface area contributed by atoms with Crippen molar-refractivity contribution >= 4 is 22.0 Å². The minimum Gasteiger partial charge on any atom is -0.497 e. The Balaban J connectivity index is 1.95. The quantitative estimate of drug-likeness (QED) is 0.679. The molecule has 1 aliphatic carbocycles. The third-order valence-electron chi connectivity index (χ3n) is 5.76. The van der Waals surface area contributed by atoms with E-state index in [1.54, 1.807) is 27.7 Å². The van der Waals surface area contributed by atoms with Crippen LogP contribution in [0.4, 0.5) is 4.79 Å². The van der Waals surface area contributed by atoms with Gasteiger partial charge in [-0.1, -0.05) is 13.8 Å². The molecule has 0 saturated heterocycles. The second-order valence-corrected chi connectivity index (χ2v) is 11.5. The van der Waals surface area contributed by atoms with E-state index in [0.717, 1.165) is 0 Å². The zero-order chi connectivity index (χ0) is 23.5. The topological polar surface area (TPSA) is 111 Å². The fourth-order valence-corrected chi connectivity index (χ4v) is 4.57. The molecule has 31 heavy (non-hydrogen) atoms. The van der Waals surface area contributed by atoms with Crippen LogP contribution in [0.3, 0.4) is 0 Å². The molecule has 0 atom stereocenters. The molecule has 0 radical (unpaired) electrons. The summed E-state index contributed by atoms with van der Waals surface area (Å²) in [6.45, 7) is 9.68. The van der Waals surface area contributed by atoms with Gasteiger partial charge in [-0.2, -0.15) is 0 Å². The first kappa shape index (κ1) is 25.0. The fraction of sp³-hybridized carbons (Fsp3) is 0.636. The molecule has 0 unspecified atom stereocenters. The zero-order valence-electron chi connectivity index (χ0n) is 19.2. The van der Waals surface area contributed by atoms with E-state index in [4.69, 9.17) is 9.47 Å². The molecule has 1 fully saturated rings. The van der Waals surface area contributed by atoms with Gasteiger partial charge in [-0.25, -0.2) is 17.9 Å². The van der Waals surface area contributed by atoms with Crippen molar-refractivity contribution in [2.24, 2.45) is 10.8 Å². The Kier molecular flexibility index (Phi) is 7.30. The normalized spacial score (nSPS) is 24.2. The first-order valence-electron chi connectivity index (χ1n) is 10.4. The van der Waals surface area contributed by atoms with Crippen molar-refractivity contribution in [1.29, 1.82) is 0 Å². The molecule has 2 amide bonds. The first-order valence-corrected chi connectivity index (χ1v) is 11.8. The highest BCUT2D eigenvalue weighted by molar-refractivity contribution is 7.90. The lowest BCUT2D eigenvalue weighted by molar-refractivity contribution is -0.131. The van der Waals surface area contributed by atoms with Crippen LogP contribution in [0.15, 0.2) is 29.2 Å². The van der Waals surface area contributed by atoms with Gasteiger partial charge in [0.2, 0.25) is 5.91 Å². The van der Waals surface area contributed by atoms with Crippen molar-refractivity contribution < 1.29 is 27.5 Å². The summed E-state index contributed by atoms with van der Waals surface area (Å²) in [5.74, 6) is 0.0225. The molecule has 1 aliphatic rings. The number of hydrogen-bond acceptors (Lipinski definition) is 6. The van der Waals surface area contributed by atoms with Gasteiger partial charge in [-0.15, -0.1) is 0 Å². The summed E-state index contributed by atoms with van der Waals surface area (Å²) >= 11 is 0. The maximum absolute atomic E-state index is 12.9. The van der Waals surface area contributed by atoms with Gasteiger partial charge in [0, 0.05) is 12.0 Å². The molecular weight excluding hydrogens is 420 g/mol. The van der Waals surface area contributed by atoms with E-state index >= 15 is 0 Å².